The lowest BCUT2D eigenvalue weighted by molar-refractivity contribution is 0.0669. The summed E-state index contributed by atoms with van der Waals surface area (Å²) in [6.45, 7) is 1.35. The number of hydrogen-bond donors (Lipinski definition) is 1. The van der Waals surface area contributed by atoms with Crippen LogP contribution in [0.3, 0.4) is 0 Å². The third-order valence-electron chi connectivity index (χ3n) is 3.44. The smallest absolute Gasteiger partial charge is 0.221 e. The van der Waals surface area contributed by atoms with Crippen LogP contribution in [0.1, 0.15) is 18.4 Å². The number of hydrogen-bond acceptors (Lipinski definition) is 4. The zero-order valence-corrected chi connectivity index (χ0v) is 10.7. The van der Waals surface area contributed by atoms with Crippen molar-refractivity contribution in [3.63, 3.8) is 0 Å². The summed E-state index contributed by atoms with van der Waals surface area (Å²) < 4.78 is 11.3. The lowest BCUT2D eigenvalue weighted by Gasteiger charge is -2.13. The van der Waals surface area contributed by atoms with Gasteiger partial charge in [0.2, 0.25) is 5.88 Å². The molecule has 1 N–H and O–H groups in total. The number of pyridine rings is 1. The van der Waals surface area contributed by atoms with Crippen molar-refractivity contribution < 1.29 is 14.6 Å². The van der Waals surface area contributed by atoms with Gasteiger partial charge in [-0.2, -0.15) is 0 Å². The molecule has 2 heterocycles. The van der Waals surface area contributed by atoms with Gasteiger partial charge < -0.3 is 14.6 Å². The van der Waals surface area contributed by atoms with Crippen LogP contribution in [0, 0.1) is 0 Å². The van der Waals surface area contributed by atoms with Gasteiger partial charge in [0.15, 0.2) is 0 Å². The molecule has 1 aliphatic heterocycles. The van der Waals surface area contributed by atoms with Gasteiger partial charge in [-0.3, -0.25) is 0 Å². The fraction of sp³-hybridized carbons (Fsp3) is 0.400. The summed E-state index contributed by atoms with van der Waals surface area (Å²) >= 11 is 0. The quantitative estimate of drug-likeness (QED) is 0.915. The first-order valence-corrected chi connectivity index (χ1v) is 6.60. The highest BCUT2D eigenvalue weighted by Gasteiger charge is 2.17. The van der Waals surface area contributed by atoms with E-state index in [1.165, 1.54) is 0 Å². The van der Waals surface area contributed by atoms with Crippen molar-refractivity contribution in [2.45, 2.75) is 25.6 Å². The predicted octanol–water partition coefficient (Wildman–Crippen LogP) is 2.28. The largest absolute Gasteiger partial charge is 0.474 e. The minimum absolute atomic E-state index is 0.0144. The van der Waals surface area contributed by atoms with Gasteiger partial charge in [0.25, 0.3) is 0 Å². The second-order valence-corrected chi connectivity index (χ2v) is 4.74. The summed E-state index contributed by atoms with van der Waals surface area (Å²) in [6, 6.07) is 7.84. The Morgan fingerprint density at radius 3 is 2.89 bits per heavy atom. The number of benzene rings is 1. The number of fused-ring (bicyclic) bond motifs is 1. The highest BCUT2D eigenvalue weighted by Crippen LogP contribution is 2.26. The molecule has 0 spiro atoms. The fourth-order valence-corrected chi connectivity index (χ4v) is 2.41. The summed E-state index contributed by atoms with van der Waals surface area (Å²) in [7, 11) is 0. The van der Waals surface area contributed by atoms with Crippen LogP contribution in [0.25, 0.3) is 10.8 Å². The predicted molar refractivity (Wildman–Crippen MR) is 72.1 cm³/mol. The van der Waals surface area contributed by atoms with Crippen LogP contribution >= 0.6 is 0 Å². The van der Waals surface area contributed by atoms with Crippen molar-refractivity contribution in [2.75, 3.05) is 13.2 Å². The Morgan fingerprint density at radius 2 is 2.16 bits per heavy atom. The zero-order valence-electron chi connectivity index (χ0n) is 10.7. The lowest BCUT2D eigenvalue weighted by atomic mass is 10.1. The summed E-state index contributed by atoms with van der Waals surface area (Å²) in [5.41, 5.74) is 0.820. The standard InChI is InChI=1S/C15H17NO3/c17-9-11-8-16-15(14-6-2-1-5-13(11)14)19-10-12-4-3-7-18-12/h1-2,5-6,8,12,17H,3-4,7,9-10H2. The van der Waals surface area contributed by atoms with Gasteiger partial charge >= 0.3 is 0 Å². The minimum Gasteiger partial charge on any atom is -0.474 e. The minimum atomic E-state index is -0.0144. The third-order valence-corrected chi connectivity index (χ3v) is 3.44. The van der Waals surface area contributed by atoms with Crippen LogP contribution in [0.2, 0.25) is 0 Å². The normalized spacial score (nSPS) is 18.9. The topological polar surface area (TPSA) is 51.6 Å². The summed E-state index contributed by atoms with van der Waals surface area (Å²) in [5, 5.41) is 11.3. The third kappa shape index (κ3) is 2.55. The average molecular weight is 259 g/mol. The van der Waals surface area contributed by atoms with Crippen LogP contribution in [0.4, 0.5) is 0 Å². The molecule has 1 aromatic heterocycles. The molecule has 0 aliphatic carbocycles. The van der Waals surface area contributed by atoms with E-state index in [0.29, 0.717) is 12.5 Å². The number of rotatable bonds is 4. The van der Waals surface area contributed by atoms with E-state index in [-0.39, 0.29) is 12.7 Å². The van der Waals surface area contributed by atoms with Crippen LogP contribution in [-0.2, 0) is 11.3 Å². The zero-order chi connectivity index (χ0) is 13.1. The van der Waals surface area contributed by atoms with E-state index in [1.54, 1.807) is 6.20 Å². The Hall–Kier alpha value is -1.65. The molecule has 1 aromatic carbocycles. The van der Waals surface area contributed by atoms with E-state index >= 15 is 0 Å². The van der Waals surface area contributed by atoms with Crippen LogP contribution in [-0.4, -0.2) is 29.4 Å². The molecule has 4 heteroatoms. The maximum atomic E-state index is 9.33. The van der Waals surface area contributed by atoms with Gasteiger partial charge in [-0.25, -0.2) is 4.98 Å². The van der Waals surface area contributed by atoms with E-state index in [4.69, 9.17) is 9.47 Å². The van der Waals surface area contributed by atoms with E-state index in [2.05, 4.69) is 4.98 Å². The molecule has 19 heavy (non-hydrogen) atoms. The molecule has 0 bridgehead atoms. The number of aromatic nitrogens is 1. The molecule has 2 aromatic rings. The molecule has 100 valence electrons. The molecule has 0 amide bonds. The van der Waals surface area contributed by atoms with Crippen molar-refractivity contribution >= 4 is 10.8 Å². The summed E-state index contributed by atoms with van der Waals surface area (Å²) in [6.07, 6.45) is 4.00. The Kier molecular flexibility index (Phi) is 3.62. The molecule has 0 radical (unpaired) electrons. The lowest BCUT2D eigenvalue weighted by Crippen LogP contribution is -2.16. The Balaban J connectivity index is 1.86. The maximum absolute atomic E-state index is 9.33. The van der Waals surface area contributed by atoms with Gasteiger partial charge in [0.05, 0.1) is 12.7 Å². The van der Waals surface area contributed by atoms with Crippen molar-refractivity contribution in [3.05, 3.63) is 36.0 Å². The monoisotopic (exact) mass is 259 g/mol. The molecule has 1 fully saturated rings. The van der Waals surface area contributed by atoms with Crippen molar-refractivity contribution in [2.24, 2.45) is 0 Å². The molecule has 1 atom stereocenters. The Morgan fingerprint density at radius 1 is 1.32 bits per heavy atom. The summed E-state index contributed by atoms with van der Waals surface area (Å²) in [4.78, 5) is 4.30. The van der Waals surface area contributed by atoms with Crippen molar-refractivity contribution in [1.82, 2.24) is 4.98 Å². The van der Waals surface area contributed by atoms with Crippen LogP contribution in [0.5, 0.6) is 5.88 Å². The molecular weight excluding hydrogens is 242 g/mol. The van der Waals surface area contributed by atoms with E-state index in [9.17, 15) is 5.11 Å². The molecule has 1 unspecified atom stereocenters. The van der Waals surface area contributed by atoms with E-state index in [0.717, 1.165) is 35.8 Å². The van der Waals surface area contributed by atoms with Gasteiger partial charge in [0, 0.05) is 23.8 Å². The molecule has 1 aliphatic rings. The first-order chi connectivity index (χ1) is 9.38. The maximum Gasteiger partial charge on any atom is 0.221 e. The Labute approximate surface area is 112 Å². The number of aliphatic hydroxyl groups is 1. The summed E-state index contributed by atoms with van der Waals surface area (Å²) in [5.74, 6) is 0.614. The van der Waals surface area contributed by atoms with E-state index in [1.807, 2.05) is 24.3 Å². The number of aliphatic hydroxyl groups excluding tert-OH is 1. The van der Waals surface area contributed by atoms with Gasteiger partial charge in [-0.1, -0.05) is 18.2 Å². The second-order valence-electron chi connectivity index (χ2n) is 4.74. The highest BCUT2D eigenvalue weighted by molar-refractivity contribution is 5.89. The van der Waals surface area contributed by atoms with Crippen LogP contribution < -0.4 is 4.74 Å². The first-order valence-electron chi connectivity index (χ1n) is 6.60. The molecule has 1 saturated heterocycles. The van der Waals surface area contributed by atoms with E-state index < -0.39 is 0 Å². The van der Waals surface area contributed by atoms with Crippen molar-refractivity contribution in [3.8, 4) is 5.88 Å². The first kappa shape index (κ1) is 12.4. The van der Waals surface area contributed by atoms with Gasteiger partial charge in [0.1, 0.15) is 6.61 Å². The van der Waals surface area contributed by atoms with Gasteiger partial charge in [-0.05, 0) is 24.3 Å². The SMILES string of the molecule is OCc1cnc(OCC2CCCO2)c2ccccc12. The second kappa shape index (κ2) is 5.55. The number of ether oxygens (including phenoxy) is 2. The highest BCUT2D eigenvalue weighted by atomic mass is 16.5. The molecule has 4 nitrogen and oxygen atoms in total. The number of nitrogens with zero attached hydrogens (tertiary/aromatic N) is 1. The molecule has 0 saturated carbocycles. The Bertz CT molecular complexity index is 564. The van der Waals surface area contributed by atoms with Gasteiger partial charge in [-0.15, -0.1) is 0 Å². The van der Waals surface area contributed by atoms with Crippen LogP contribution in [0.15, 0.2) is 30.5 Å². The van der Waals surface area contributed by atoms with Crippen molar-refractivity contribution in [1.29, 1.82) is 0 Å². The molecular formula is C15H17NO3. The fourth-order valence-electron chi connectivity index (χ4n) is 2.41. The average Bonchev–Trinajstić information content (AvgIpc) is 2.98. The molecule has 3 rings (SSSR count).